The molecule has 0 saturated heterocycles. The topological polar surface area (TPSA) is 67.9 Å². The third-order valence-corrected chi connectivity index (χ3v) is 5.46. The summed E-state index contributed by atoms with van der Waals surface area (Å²) >= 11 is 12.2. The molecule has 1 aliphatic heterocycles. The standard InChI is InChI=1S/C24H18Cl2N2O4/c1-31-18-10-8-17(9-11-18)28-23(29)21(14-3-5-15(25)6-4-14)22(24(28)30)27-19-13-16(26)7-12-20(19)32-2/h3-13,27H,1-2H3. The van der Waals surface area contributed by atoms with E-state index >= 15 is 0 Å². The van der Waals surface area contributed by atoms with E-state index in [0.717, 1.165) is 4.90 Å². The number of carbonyl (C=O) groups excluding carboxylic acids is 2. The summed E-state index contributed by atoms with van der Waals surface area (Å²) < 4.78 is 10.6. The Morgan fingerprint density at radius 1 is 0.781 bits per heavy atom. The largest absolute Gasteiger partial charge is 0.497 e. The highest BCUT2D eigenvalue weighted by Gasteiger charge is 2.40. The van der Waals surface area contributed by atoms with Crippen molar-refractivity contribution in [3.05, 3.63) is 88.0 Å². The molecule has 0 fully saturated rings. The van der Waals surface area contributed by atoms with Gasteiger partial charge in [0, 0.05) is 10.0 Å². The zero-order valence-electron chi connectivity index (χ0n) is 17.2. The fraction of sp³-hybridized carbons (Fsp3) is 0.0833. The van der Waals surface area contributed by atoms with Gasteiger partial charge in [0.05, 0.1) is 31.2 Å². The van der Waals surface area contributed by atoms with Gasteiger partial charge in [-0.2, -0.15) is 0 Å². The van der Waals surface area contributed by atoms with Gasteiger partial charge in [-0.25, -0.2) is 4.90 Å². The molecule has 0 saturated carbocycles. The van der Waals surface area contributed by atoms with Crippen molar-refractivity contribution in [3.8, 4) is 11.5 Å². The lowest BCUT2D eigenvalue weighted by molar-refractivity contribution is -0.120. The first-order valence-corrected chi connectivity index (χ1v) is 10.3. The van der Waals surface area contributed by atoms with E-state index in [0.29, 0.717) is 38.5 Å². The van der Waals surface area contributed by atoms with Crippen molar-refractivity contribution < 1.29 is 19.1 Å². The summed E-state index contributed by atoms with van der Waals surface area (Å²) in [5, 5.41) is 4.03. The van der Waals surface area contributed by atoms with Crippen molar-refractivity contribution in [2.45, 2.75) is 0 Å². The van der Waals surface area contributed by atoms with Crippen LogP contribution < -0.4 is 19.7 Å². The quantitative estimate of drug-likeness (QED) is 0.490. The van der Waals surface area contributed by atoms with Crippen molar-refractivity contribution in [2.75, 3.05) is 24.4 Å². The van der Waals surface area contributed by atoms with E-state index in [1.165, 1.54) is 7.11 Å². The van der Waals surface area contributed by atoms with Gasteiger partial charge in [0.1, 0.15) is 17.2 Å². The first-order chi connectivity index (χ1) is 15.4. The number of methoxy groups -OCH3 is 2. The minimum Gasteiger partial charge on any atom is -0.497 e. The molecule has 3 aromatic carbocycles. The fourth-order valence-electron chi connectivity index (χ4n) is 3.41. The Kier molecular flexibility index (Phi) is 6.08. The average molecular weight is 469 g/mol. The predicted octanol–water partition coefficient (Wildman–Crippen LogP) is 5.41. The molecule has 1 N–H and O–H groups in total. The van der Waals surface area contributed by atoms with Crippen LogP contribution in [0.5, 0.6) is 11.5 Å². The number of benzene rings is 3. The number of imide groups is 1. The summed E-state index contributed by atoms with van der Waals surface area (Å²) in [4.78, 5) is 28.0. The predicted molar refractivity (Wildman–Crippen MR) is 125 cm³/mol. The summed E-state index contributed by atoms with van der Waals surface area (Å²) in [6.07, 6.45) is 0. The molecular weight excluding hydrogens is 451 g/mol. The fourth-order valence-corrected chi connectivity index (χ4v) is 3.71. The molecule has 4 rings (SSSR count). The third kappa shape index (κ3) is 4.02. The molecule has 3 aromatic rings. The van der Waals surface area contributed by atoms with Gasteiger partial charge in [-0.3, -0.25) is 9.59 Å². The molecule has 0 aliphatic carbocycles. The maximum Gasteiger partial charge on any atom is 0.282 e. The van der Waals surface area contributed by atoms with E-state index < -0.39 is 11.8 Å². The van der Waals surface area contributed by atoms with Crippen LogP contribution in [0.15, 0.2) is 72.4 Å². The van der Waals surface area contributed by atoms with Gasteiger partial charge in [0.2, 0.25) is 0 Å². The molecule has 1 heterocycles. The normalized spacial score (nSPS) is 13.6. The Labute approximate surface area is 195 Å². The summed E-state index contributed by atoms with van der Waals surface area (Å²) in [5.74, 6) is 0.111. The second kappa shape index (κ2) is 8.94. The number of hydrogen-bond donors (Lipinski definition) is 1. The molecule has 8 heteroatoms. The molecule has 0 radical (unpaired) electrons. The number of ether oxygens (including phenoxy) is 2. The Morgan fingerprint density at radius 2 is 1.44 bits per heavy atom. The van der Waals surface area contributed by atoms with Crippen molar-refractivity contribution in [1.29, 1.82) is 0 Å². The van der Waals surface area contributed by atoms with Crippen LogP contribution in [0.1, 0.15) is 5.56 Å². The van der Waals surface area contributed by atoms with Crippen molar-refractivity contribution in [2.24, 2.45) is 0 Å². The molecule has 2 amide bonds. The maximum atomic E-state index is 13.5. The number of amides is 2. The summed E-state index contributed by atoms with van der Waals surface area (Å²) in [6.45, 7) is 0. The number of rotatable bonds is 6. The van der Waals surface area contributed by atoms with Gasteiger partial charge in [-0.15, -0.1) is 0 Å². The number of halogens is 2. The Bertz CT molecular complexity index is 1220. The molecule has 6 nitrogen and oxygen atoms in total. The van der Waals surface area contributed by atoms with Crippen molar-refractivity contribution >= 4 is 52.0 Å². The smallest absolute Gasteiger partial charge is 0.282 e. The Hall–Kier alpha value is -3.48. The number of anilines is 2. The van der Waals surface area contributed by atoms with Gasteiger partial charge in [-0.05, 0) is 60.2 Å². The van der Waals surface area contributed by atoms with Crippen LogP contribution in [-0.4, -0.2) is 26.0 Å². The van der Waals surface area contributed by atoms with Crippen LogP contribution in [0.25, 0.3) is 5.57 Å². The highest BCUT2D eigenvalue weighted by atomic mass is 35.5. The lowest BCUT2D eigenvalue weighted by Gasteiger charge is -2.16. The zero-order chi connectivity index (χ0) is 22.8. The SMILES string of the molecule is COc1ccc(N2C(=O)C(Nc3cc(Cl)ccc3OC)=C(c3ccc(Cl)cc3)C2=O)cc1. The maximum absolute atomic E-state index is 13.5. The molecule has 162 valence electrons. The minimum atomic E-state index is -0.507. The lowest BCUT2D eigenvalue weighted by Crippen LogP contribution is -2.32. The van der Waals surface area contributed by atoms with Crippen LogP contribution in [-0.2, 0) is 9.59 Å². The van der Waals surface area contributed by atoms with Gasteiger partial charge >= 0.3 is 0 Å². The zero-order valence-corrected chi connectivity index (χ0v) is 18.7. The van der Waals surface area contributed by atoms with Crippen LogP contribution in [0, 0.1) is 0 Å². The molecule has 0 bridgehead atoms. The molecule has 0 atom stereocenters. The molecule has 32 heavy (non-hydrogen) atoms. The van der Waals surface area contributed by atoms with Crippen LogP contribution >= 0.6 is 23.2 Å². The van der Waals surface area contributed by atoms with Crippen LogP contribution in [0.2, 0.25) is 10.0 Å². The van der Waals surface area contributed by atoms with Gasteiger partial charge < -0.3 is 14.8 Å². The first-order valence-electron chi connectivity index (χ1n) is 9.56. The second-order valence-corrected chi connectivity index (χ2v) is 7.74. The van der Waals surface area contributed by atoms with Crippen molar-refractivity contribution in [3.63, 3.8) is 0 Å². The molecule has 0 spiro atoms. The lowest BCUT2D eigenvalue weighted by atomic mass is 10.0. The molecule has 0 unspecified atom stereocenters. The number of carbonyl (C=O) groups is 2. The third-order valence-electron chi connectivity index (χ3n) is 4.97. The summed E-state index contributed by atoms with van der Waals surface area (Å²) in [6, 6.07) is 18.3. The molecule has 1 aliphatic rings. The Morgan fingerprint density at radius 3 is 2.06 bits per heavy atom. The average Bonchev–Trinajstić information content (AvgIpc) is 3.04. The number of nitrogens with one attached hydrogen (secondary N) is 1. The van der Waals surface area contributed by atoms with Crippen LogP contribution in [0.3, 0.4) is 0 Å². The van der Waals surface area contributed by atoms with Gasteiger partial charge in [-0.1, -0.05) is 35.3 Å². The summed E-state index contributed by atoms with van der Waals surface area (Å²) in [7, 11) is 3.05. The van der Waals surface area contributed by atoms with E-state index in [-0.39, 0.29) is 11.3 Å². The molecular formula is C24H18Cl2N2O4. The van der Waals surface area contributed by atoms with E-state index in [4.69, 9.17) is 32.7 Å². The minimum absolute atomic E-state index is 0.105. The van der Waals surface area contributed by atoms with E-state index in [2.05, 4.69) is 5.32 Å². The van der Waals surface area contributed by atoms with E-state index in [9.17, 15) is 9.59 Å². The Balaban J connectivity index is 1.83. The van der Waals surface area contributed by atoms with E-state index in [1.807, 2.05) is 0 Å². The molecule has 0 aromatic heterocycles. The highest BCUT2D eigenvalue weighted by Crippen LogP contribution is 2.37. The number of hydrogen-bond acceptors (Lipinski definition) is 5. The van der Waals surface area contributed by atoms with Crippen LogP contribution in [0.4, 0.5) is 11.4 Å². The van der Waals surface area contributed by atoms with Gasteiger partial charge in [0.15, 0.2) is 0 Å². The number of nitrogens with zero attached hydrogens (tertiary/aromatic N) is 1. The summed E-state index contributed by atoms with van der Waals surface area (Å²) in [5.41, 5.74) is 1.74. The second-order valence-electron chi connectivity index (χ2n) is 6.87. The monoisotopic (exact) mass is 468 g/mol. The highest BCUT2D eigenvalue weighted by molar-refractivity contribution is 6.46. The van der Waals surface area contributed by atoms with Gasteiger partial charge in [0.25, 0.3) is 11.8 Å². The van der Waals surface area contributed by atoms with Crippen molar-refractivity contribution in [1.82, 2.24) is 0 Å². The van der Waals surface area contributed by atoms with E-state index in [1.54, 1.807) is 73.8 Å². The first kappa shape index (κ1) is 21.7.